The Morgan fingerprint density at radius 2 is 1.91 bits per heavy atom. The molecule has 5 rings (SSSR count). The highest BCUT2D eigenvalue weighted by Crippen LogP contribution is 2.32. The summed E-state index contributed by atoms with van der Waals surface area (Å²) in [5.74, 6) is -0.476. The predicted molar refractivity (Wildman–Crippen MR) is 127 cm³/mol. The third kappa shape index (κ3) is 4.37. The molecule has 3 aromatic rings. The van der Waals surface area contributed by atoms with Gasteiger partial charge in [-0.2, -0.15) is 0 Å². The van der Waals surface area contributed by atoms with Gasteiger partial charge in [-0.3, -0.25) is 14.4 Å². The number of anilines is 2. The van der Waals surface area contributed by atoms with Crippen LogP contribution in [0.25, 0.3) is 0 Å². The van der Waals surface area contributed by atoms with Crippen molar-refractivity contribution in [3.63, 3.8) is 0 Å². The van der Waals surface area contributed by atoms with Crippen molar-refractivity contribution in [3.05, 3.63) is 80.5 Å². The first-order valence-corrected chi connectivity index (χ1v) is 11.6. The van der Waals surface area contributed by atoms with Crippen LogP contribution >= 0.6 is 22.9 Å². The average Bonchev–Trinajstić information content (AvgIpc) is 3.39. The number of halogens is 1. The van der Waals surface area contributed by atoms with Crippen molar-refractivity contribution in [3.8, 4) is 0 Å². The van der Waals surface area contributed by atoms with Crippen LogP contribution in [0.1, 0.15) is 31.2 Å². The van der Waals surface area contributed by atoms with E-state index < -0.39 is 0 Å². The van der Waals surface area contributed by atoms with E-state index in [-0.39, 0.29) is 24.3 Å². The lowest BCUT2D eigenvalue weighted by atomic mass is 10.1. The number of nitrogens with zero attached hydrogens (tertiary/aromatic N) is 2. The first kappa shape index (κ1) is 21.6. The van der Waals surface area contributed by atoms with Crippen LogP contribution in [-0.4, -0.2) is 42.4 Å². The van der Waals surface area contributed by atoms with Crippen LogP contribution in [0.5, 0.6) is 0 Å². The molecule has 0 aliphatic carbocycles. The molecule has 0 saturated carbocycles. The quantitative estimate of drug-likeness (QED) is 0.593. The van der Waals surface area contributed by atoms with Gasteiger partial charge in [0.05, 0.1) is 27.1 Å². The van der Waals surface area contributed by atoms with Crippen molar-refractivity contribution >= 4 is 52.0 Å². The van der Waals surface area contributed by atoms with E-state index in [1.54, 1.807) is 28.0 Å². The van der Waals surface area contributed by atoms with Gasteiger partial charge in [0.1, 0.15) is 6.61 Å². The van der Waals surface area contributed by atoms with Crippen molar-refractivity contribution in [1.29, 1.82) is 0 Å². The van der Waals surface area contributed by atoms with E-state index in [0.29, 0.717) is 46.7 Å². The summed E-state index contributed by atoms with van der Waals surface area (Å²) in [4.78, 5) is 41.7. The van der Waals surface area contributed by atoms with Crippen molar-refractivity contribution in [2.45, 2.75) is 13.1 Å². The van der Waals surface area contributed by atoms with E-state index in [9.17, 15) is 14.4 Å². The van der Waals surface area contributed by atoms with Crippen molar-refractivity contribution in [2.75, 3.05) is 30.0 Å². The predicted octanol–water partition coefficient (Wildman–Crippen LogP) is 4.17. The fraction of sp³-hybridized carbons (Fsp3) is 0.208. The highest BCUT2D eigenvalue weighted by atomic mass is 35.5. The van der Waals surface area contributed by atoms with E-state index >= 15 is 0 Å². The Kier molecular flexibility index (Phi) is 5.88. The molecule has 1 saturated heterocycles. The monoisotopic (exact) mass is 481 g/mol. The zero-order chi connectivity index (χ0) is 22.9. The molecule has 2 aromatic carbocycles. The lowest BCUT2D eigenvalue weighted by Gasteiger charge is -2.27. The summed E-state index contributed by atoms with van der Waals surface area (Å²) in [5, 5.41) is 2.85. The Morgan fingerprint density at radius 1 is 1.09 bits per heavy atom. The number of thiophene rings is 1. The summed E-state index contributed by atoms with van der Waals surface area (Å²) in [6, 6.07) is 16.4. The van der Waals surface area contributed by atoms with Crippen molar-refractivity contribution in [1.82, 2.24) is 4.90 Å². The van der Waals surface area contributed by atoms with Crippen LogP contribution in [0.3, 0.4) is 0 Å². The molecule has 2 aliphatic rings. The molecule has 1 fully saturated rings. The number of morpholine rings is 1. The molecular formula is C24H20ClN3O4S. The number of carbonyl (C=O) groups excluding carboxylic acids is 3. The molecule has 168 valence electrons. The zero-order valence-corrected chi connectivity index (χ0v) is 19.1. The number of rotatable bonds is 5. The largest absolute Gasteiger partial charge is 0.370 e. The van der Waals surface area contributed by atoms with Gasteiger partial charge in [0.2, 0.25) is 0 Å². The highest BCUT2D eigenvalue weighted by Gasteiger charge is 2.30. The minimum absolute atomic E-state index is 0.0569. The van der Waals surface area contributed by atoms with E-state index in [1.807, 2.05) is 36.4 Å². The summed E-state index contributed by atoms with van der Waals surface area (Å²) in [6.45, 7) is 2.04. The van der Waals surface area contributed by atoms with Gasteiger partial charge >= 0.3 is 0 Å². The maximum atomic E-state index is 13.2. The number of fused-ring (bicyclic) bond motifs is 1. The minimum Gasteiger partial charge on any atom is -0.370 e. The van der Waals surface area contributed by atoms with Crippen LogP contribution in [0.15, 0.2) is 54.6 Å². The summed E-state index contributed by atoms with van der Waals surface area (Å²) in [7, 11) is 0. The molecule has 0 spiro atoms. The number of carbonyl (C=O) groups is 3. The zero-order valence-electron chi connectivity index (χ0n) is 17.5. The molecule has 1 N–H and O–H groups in total. The van der Waals surface area contributed by atoms with Gasteiger partial charge in [-0.1, -0.05) is 35.9 Å². The van der Waals surface area contributed by atoms with Crippen LogP contribution in [0.4, 0.5) is 11.4 Å². The lowest BCUT2D eigenvalue weighted by molar-refractivity contribution is -0.125. The first-order valence-electron chi connectivity index (χ1n) is 10.4. The Hall–Kier alpha value is -3.20. The number of nitrogens with one attached hydrogen (secondary N) is 1. The maximum absolute atomic E-state index is 13.2. The molecule has 0 atom stereocenters. The average molecular weight is 482 g/mol. The van der Waals surface area contributed by atoms with Crippen LogP contribution in [0, 0.1) is 0 Å². The van der Waals surface area contributed by atoms with Gasteiger partial charge in [0, 0.05) is 25.3 Å². The Balaban J connectivity index is 1.30. The topological polar surface area (TPSA) is 79.0 Å². The summed E-state index contributed by atoms with van der Waals surface area (Å²) in [5.41, 5.74) is 3.67. The number of hydrogen-bond donors (Lipinski definition) is 1. The maximum Gasteiger partial charge on any atom is 0.265 e. The molecule has 0 radical (unpaired) electrons. The number of benzene rings is 2. The number of ether oxygens (including phenoxy) is 1. The van der Waals surface area contributed by atoms with Gasteiger partial charge < -0.3 is 19.9 Å². The second kappa shape index (κ2) is 8.97. The molecule has 3 amide bonds. The molecule has 7 nitrogen and oxygen atoms in total. The molecule has 2 aliphatic heterocycles. The third-order valence-corrected chi connectivity index (χ3v) is 6.90. The van der Waals surface area contributed by atoms with E-state index in [4.69, 9.17) is 16.3 Å². The lowest BCUT2D eigenvalue weighted by Crippen LogP contribution is -2.41. The molecule has 9 heteroatoms. The molecule has 33 heavy (non-hydrogen) atoms. The molecule has 0 unspecified atom stereocenters. The fourth-order valence-electron chi connectivity index (χ4n) is 4.06. The van der Waals surface area contributed by atoms with E-state index in [2.05, 4.69) is 5.32 Å². The minimum atomic E-state index is -0.292. The molecule has 1 aromatic heterocycles. The standard InChI is InChI=1S/C24H20ClN3O4S/c25-20-9-8-19(33-20)23(30)26-18-3-1-2-16-13-27(24(31)22(16)18)12-15-4-6-17(7-5-15)28-10-11-32-14-21(28)29/h1-9H,10-14H2,(H,26,30). The Bertz CT molecular complexity index is 1240. The summed E-state index contributed by atoms with van der Waals surface area (Å²) in [6.07, 6.45) is 0. The molecule has 0 bridgehead atoms. The Morgan fingerprint density at radius 3 is 2.64 bits per heavy atom. The van der Waals surface area contributed by atoms with Crippen LogP contribution < -0.4 is 10.2 Å². The SMILES string of the molecule is O=C(Nc1cccc2c1C(=O)N(Cc1ccc(N3CCOCC3=O)cc1)C2)c1ccc(Cl)s1. The Labute approximate surface area is 199 Å². The highest BCUT2D eigenvalue weighted by molar-refractivity contribution is 7.18. The van der Waals surface area contributed by atoms with Crippen LogP contribution in [0.2, 0.25) is 4.34 Å². The smallest absolute Gasteiger partial charge is 0.265 e. The normalized spacial score (nSPS) is 15.7. The van der Waals surface area contributed by atoms with E-state index in [1.165, 1.54) is 11.3 Å². The van der Waals surface area contributed by atoms with Crippen LogP contribution in [-0.2, 0) is 22.6 Å². The van der Waals surface area contributed by atoms with E-state index in [0.717, 1.165) is 16.8 Å². The van der Waals surface area contributed by atoms with Crippen molar-refractivity contribution < 1.29 is 19.1 Å². The second-order valence-electron chi connectivity index (χ2n) is 7.82. The number of hydrogen-bond acceptors (Lipinski definition) is 5. The third-order valence-electron chi connectivity index (χ3n) is 5.67. The van der Waals surface area contributed by atoms with Gasteiger partial charge in [0.15, 0.2) is 0 Å². The summed E-state index contributed by atoms with van der Waals surface area (Å²) < 4.78 is 5.71. The van der Waals surface area contributed by atoms with Gasteiger partial charge in [-0.25, -0.2) is 0 Å². The van der Waals surface area contributed by atoms with Gasteiger partial charge in [-0.15, -0.1) is 11.3 Å². The summed E-state index contributed by atoms with van der Waals surface area (Å²) >= 11 is 7.12. The van der Waals surface area contributed by atoms with Crippen molar-refractivity contribution in [2.24, 2.45) is 0 Å². The van der Waals surface area contributed by atoms with Gasteiger partial charge in [-0.05, 0) is 41.5 Å². The second-order valence-corrected chi connectivity index (χ2v) is 9.54. The first-order chi connectivity index (χ1) is 16.0. The molecular weight excluding hydrogens is 462 g/mol. The molecule has 3 heterocycles. The van der Waals surface area contributed by atoms with Gasteiger partial charge in [0.25, 0.3) is 17.7 Å². The fourth-order valence-corrected chi connectivity index (χ4v) is 5.00. The number of amides is 3.